The number of rotatable bonds is 4. The molecule has 0 aliphatic carbocycles. The first-order valence-corrected chi connectivity index (χ1v) is 7.22. The van der Waals surface area contributed by atoms with E-state index >= 15 is 0 Å². The number of likely N-dealkylation sites (tertiary alicyclic amines) is 1. The van der Waals surface area contributed by atoms with Gasteiger partial charge in [0, 0.05) is 38.1 Å². The molecule has 0 radical (unpaired) electrons. The predicted molar refractivity (Wildman–Crippen MR) is 80.5 cm³/mol. The highest BCUT2D eigenvalue weighted by Crippen LogP contribution is 2.29. The Balaban J connectivity index is 2.16. The maximum atomic E-state index is 12.6. The number of hydrogen-bond donors (Lipinski definition) is 1. The Morgan fingerprint density at radius 3 is 2.41 bits per heavy atom. The van der Waals surface area contributed by atoms with E-state index in [-0.39, 0.29) is 18.7 Å². The number of aliphatic carboxylic acids is 1. The van der Waals surface area contributed by atoms with E-state index in [0.29, 0.717) is 29.4 Å². The lowest BCUT2D eigenvalue weighted by molar-refractivity contribution is -0.167. The average molecular weight is 328 g/mol. The van der Waals surface area contributed by atoms with Crippen molar-refractivity contribution in [3.05, 3.63) is 28.8 Å². The van der Waals surface area contributed by atoms with Gasteiger partial charge in [-0.2, -0.15) is 0 Å². The van der Waals surface area contributed by atoms with E-state index in [1.165, 1.54) is 14.2 Å². The summed E-state index contributed by atoms with van der Waals surface area (Å²) in [6.07, 6.45) is 0.487. The van der Waals surface area contributed by atoms with Crippen LogP contribution in [-0.2, 0) is 9.53 Å². The molecule has 6 nitrogen and oxygen atoms in total. The van der Waals surface area contributed by atoms with E-state index in [2.05, 4.69) is 0 Å². The minimum atomic E-state index is -1.21. The molecule has 1 N–H and O–H groups in total. The van der Waals surface area contributed by atoms with Gasteiger partial charge in [0.15, 0.2) is 5.60 Å². The van der Waals surface area contributed by atoms with Crippen LogP contribution < -0.4 is 4.74 Å². The van der Waals surface area contributed by atoms with E-state index < -0.39 is 11.6 Å². The van der Waals surface area contributed by atoms with E-state index in [9.17, 15) is 14.7 Å². The minimum Gasteiger partial charge on any atom is -0.496 e. The number of carboxylic acid groups (broad SMARTS) is 1. The zero-order chi connectivity index (χ0) is 16.3. The lowest BCUT2D eigenvalue weighted by atomic mass is 9.91. The van der Waals surface area contributed by atoms with Gasteiger partial charge < -0.3 is 19.5 Å². The van der Waals surface area contributed by atoms with Gasteiger partial charge in [-0.1, -0.05) is 11.6 Å². The van der Waals surface area contributed by atoms with Gasteiger partial charge in [0.25, 0.3) is 5.91 Å². The van der Waals surface area contributed by atoms with Gasteiger partial charge in [-0.25, -0.2) is 4.79 Å². The number of amides is 1. The number of methoxy groups -OCH3 is 2. The second kappa shape index (κ2) is 6.54. The van der Waals surface area contributed by atoms with Crippen molar-refractivity contribution in [2.45, 2.75) is 18.4 Å². The predicted octanol–water partition coefficient (Wildman–Crippen LogP) is 2.05. The van der Waals surface area contributed by atoms with E-state index in [1.807, 2.05) is 0 Å². The van der Waals surface area contributed by atoms with Crippen LogP contribution in [0.1, 0.15) is 23.2 Å². The molecule has 0 atom stereocenters. The van der Waals surface area contributed by atoms with Crippen molar-refractivity contribution in [3.63, 3.8) is 0 Å². The second-order valence-corrected chi connectivity index (χ2v) is 5.58. The molecule has 0 aromatic heterocycles. The van der Waals surface area contributed by atoms with E-state index in [4.69, 9.17) is 21.1 Å². The summed E-state index contributed by atoms with van der Waals surface area (Å²) in [5.74, 6) is -0.784. The summed E-state index contributed by atoms with van der Waals surface area (Å²) >= 11 is 5.94. The van der Waals surface area contributed by atoms with Crippen LogP contribution in [0.15, 0.2) is 18.2 Å². The number of hydrogen-bond acceptors (Lipinski definition) is 4. The topological polar surface area (TPSA) is 76.1 Å². The molecular formula is C15H18ClNO5. The monoisotopic (exact) mass is 327 g/mol. The van der Waals surface area contributed by atoms with Gasteiger partial charge in [-0.05, 0) is 18.2 Å². The van der Waals surface area contributed by atoms with Crippen LogP contribution in [0.5, 0.6) is 5.75 Å². The SMILES string of the molecule is COc1ccc(Cl)cc1C(=O)N1CCC(OC)(C(=O)O)CC1. The van der Waals surface area contributed by atoms with Crippen molar-refractivity contribution in [2.24, 2.45) is 0 Å². The summed E-state index contributed by atoms with van der Waals surface area (Å²) in [5.41, 5.74) is -0.843. The van der Waals surface area contributed by atoms with Crippen LogP contribution in [0.2, 0.25) is 5.02 Å². The summed E-state index contributed by atoms with van der Waals surface area (Å²) in [6, 6.07) is 4.84. The summed E-state index contributed by atoms with van der Waals surface area (Å²) in [4.78, 5) is 25.5. The van der Waals surface area contributed by atoms with Crippen molar-refractivity contribution >= 4 is 23.5 Å². The summed E-state index contributed by atoms with van der Waals surface area (Å²) in [7, 11) is 2.86. The molecule has 7 heteroatoms. The first kappa shape index (κ1) is 16.6. The smallest absolute Gasteiger partial charge is 0.336 e. The largest absolute Gasteiger partial charge is 0.496 e. The Bertz CT molecular complexity index is 581. The molecule has 0 saturated carbocycles. The van der Waals surface area contributed by atoms with Gasteiger partial charge in [0.05, 0.1) is 12.7 Å². The molecule has 1 aliphatic heterocycles. The van der Waals surface area contributed by atoms with Crippen LogP contribution in [0, 0.1) is 0 Å². The number of halogens is 1. The molecule has 1 fully saturated rings. The molecule has 0 unspecified atom stereocenters. The number of piperidine rings is 1. The highest BCUT2D eigenvalue weighted by atomic mass is 35.5. The van der Waals surface area contributed by atoms with Gasteiger partial charge in [0.1, 0.15) is 5.75 Å². The number of carbonyl (C=O) groups is 2. The van der Waals surface area contributed by atoms with Crippen LogP contribution >= 0.6 is 11.6 Å². The van der Waals surface area contributed by atoms with Crippen LogP contribution in [0.4, 0.5) is 0 Å². The highest BCUT2D eigenvalue weighted by Gasteiger charge is 2.43. The molecule has 22 heavy (non-hydrogen) atoms. The van der Waals surface area contributed by atoms with Crippen molar-refractivity contribution in [3.8, 4) is 5.75 Å². The molecule has 1 heterocycles. The zero-order valence-electron chi connectivity index (χ0n) is 12.5. The van der Waals surface area contributed by atoms with Gasteiger partial charge in [0.2, 0.25) is 0 Å². The molecule has 2 rings (SSSR count). The highest BCUT2D eigenvalue weighted by molar-refractivity contribution is 6.31. The minimum absolute atomic E-state index is 0.227. The van der Waals surface area contributed by atoms with Crippen LogP contribution in [0.3, 0.4) is 0 Å². The lowest BCUT2D eigenvalue weighted by Gasteiger charge is -2.37. The Kier molecular flexibility index (Phi) is 4.93. The first-order valence-electron chi connectivity index (χ1n) is 6.85. The number of carboxylic acids is 1. The van der Waals surface area contributed by atoms with Crippen molar-refractivity contribution in [1.82, 2.24) is 4.90 Å². The van der Waals surface area contributed by atoms with Crippen LogP contribution in [0.25, 0.3) is 0 Å². The molecule has 0 spiro atoms. The summed E-state index contributed by atoms with van der Waals surface area (Å²) < 4.78 is 10.3. The van der Waals surface area contributed by atoms with E-state index in [0.717, 1.165) is 0 Å². The van der Waals surface area contributed by atoms with E-state index in [1.54, 1.807) is 23.1 Å². The summed E-state index contributed by atoms with van der Waals surface area (Å²) in [5, 5.41) is 9.73. The molecule has 0 bridgehead atoms. The normalized spacial score (nSPS) is 17.1. The Morgan fingerprint density at radius 1 is 1.27 bits per heavy atom. The number of benzene rings is 1. The molecular weight excluding hydrogens is 310 g/mol. The lowest BCUT2D eigenvalue weighted by Crippen LogP contribution is -2.52. The van der Waals surface area contributed by atoms with Crippen molar-refractivity contribution in [2.75, 3.05) is 27.3 Å². The maximum absolute atomic E-state index is 12.6. The van der Waals surface area contributed by atoms with Gasteiger partial charge >= 0.3 is 5.97 Å². The fraction of sp³-hybridized carbons (Fsp3) is 0.467. The Hall–Kier alpha value is -1.79. The third kappa shape index (κ3) is 3.03. The van der Waals surface area contributed by atoms with Gasteiger partial charge in [-0.15, -0.1) is 0 Å². The number of carbonyl (C=O) groups excluding carboxylic acids is 1. The Morgan fingerprint density at radius 2 is 1.91 bits per heavy atom. The van der Waals surface area contributed by atoms with Crippen molar-refractivity contribution in [1.29, 1.82) is 0 Å². The average Bonchev–Trinajstić information content (AvgIpc) is 2.54. The molecule has 1 amide bonds. The number of ether oxygens (including phenoxy) is 2. The fourth-order valence-electron chi connectivity index (χ4n) is 2.59. The molecule has 120 valence electrons. The van der Waals surface area contributed by atoms with Gasteiger partial charge in [-0.3, -0.25) is 4.79 Å². The molecule has 1 aliphatic rings. The molecule has 1 saturated heterocycles. The maximum Gasteiger partial charge on any atom is 0.336 e. The quantitative estimate of drug-likeness (QED) is 0.916. The third-order valence-electron chi connectivity index (χ3n) is 4.03. The third-order valence-corrected chi connectivity index (χ3v) is 4.27. The number of nitrogens with zero attached hydrogens (tertiary/aromatic N) is 1. The standard InChI is InChI=1S/C15H18ClNO5/c1-21-12-4-3-10(16)9-11(12)13(18)17-7-5-15(22-2,6-8-17)14(19)20/h3-4,9H,5-8H2,1-2H3,(H,19,20). The molecule has 1 aromatic carbocycles. The second-order valence-electron chi connectivity index (χ2n) is 5.14. The zero-order valence-corrected chi connectivity index (χ0v) is 13.2. The summed E-state index contributed by atoms with van der Waals surface area (Å²) in [6.45, 7) is 0.600. The Labute approximate surface area is 133 Å². The first-order chi connectivity index (χ1) is 10.4. The molecule has 1 aromatic rings. The van der Waals surface area contributed by atoms with Crippen LogP contribution in [-0.4, -0.2) is 54.8 Å². The van der Waals surface area contributed by atoms with Crippen molar-refractivity contribution < 1.29 is 24.2 Å². The fourth-order valence-corrected chi connectivity index (χ4v) is 2.77.